The Hall–Kier alpha value is -2.79. The minimum atomic E-state index is -3.86. The molecule has 0 aliphatic rings. The summed E-state index contributed by atoms with van der Waals surface area (Å²) in [6.07, 6.45) is 1.76. The molecule has 36 heavy (non-hydrogen) atoms. The molecule has 0 aliphatic carbocycles. The molecule has 2 atom stereocenters. The topological polar surface area (TPSA) is 105 Å². The Morgan fingerprint density at radius 2 is 1.72 bits per heavy atom. The van der Waals surface area contributed by atoms with Crippen LogP contribution in [0.25, 0.3) is 0 Å². The number of carbonyl (C=O) groups excluding carboxylic acids is 2. The zero-order valence-corrected chi connectivity index (χ0v) is 23.9. The van der Waals surface area contributed by atoms with Gasteiger partial charge < -0.3 is 19.7 Å². The second kappa shape index (κ2) is 13.0. The Labute approximate surface area is 221 Å². The van der Waals surface area contributed by atoms with Crippen LogP contribution in [0.15, 0.2) is 46.9 Å². The van der Waals surface area contributed by atoms with E-state index in [2.05, 4.69) is 21.2 Å². The SMILES string of the molecule is CC[C@@H](C)NC(=O)[C@@H](C)N(Cc1cccc(Br)c1)C(=O)CN(c1ccc(OC)c(OC)c1)S(C)(=O)=O. The third-order valence-electron chi connectivity index (χ3n) is 5.74. The molecule has 2 rings (SSSR count). The minimum absolute atomic E-state index is 0.0675. The number of carbonyl (C=O) groups is 2. The first-order valence-electron chi connectivity index (χ1n) is 11.4. The van der Waals surface area contributed by atoms with E-state index in [1.165, 1.54) is 31.3 Å². The lowest BCUT2D eigenvalue weighted by atomic mass is 10.1. The normalized spacial score (nSPS) is 12.9. The quantitative estimate of drug-likeness (QED) is 0.409. The number of nitrogens with one attached hydrogen (secondary N) is 1. The van der Waals surface area contributed by atoms with Crippen LogP contribution in [0.2, 0.25) is 0 Å². The number of ether oxygens (including phenoxy) is 2. The zero-order valence-electron chi connectivity index (χ0n) is 21.4. The van der Waals surface area contributed by atoms with Crippen molar-refractivity contribution < 1.29 is 27.5 Å². The predicted molar refractivity (Wildman–Crippen MR) is 144 cm³/mol. The Balaban J connectivity index is 2.44. The number of benzene rings is 2. The molecule has 2 aromatic rings. The van der Waals surface area contributed by atoms with Crippen molar-refractivity contribution in [3.8, 4) is 11.5 Å². The van der Waals surface area contributed by atoms with Gasteiger partial charge in [0, 0.05) is 23.1 Å². The number of anilines is 1. The summed E-state index contributed by atoms with van der Waals surface area (Å²) < 4.78 is 37.8. The fraction of sp³-hybridized carbons (Fsp3) is 0.440. The lowest BCUT2D eigenvalue weighted by molar-refractivity contribution is -0.139. The van der Waals surface area contributed by atoms with Gasteiger partial charge in [0.15, 0.2) is 11.5 Å². The highest BCUT2D eigenvalue weighted by atomic mass is 79.9. The van der Waals surface area contributed by atoms with Crippen LogP contribution in [-0.2, 0) is 26.2 Å². The molecule has 9 nitrogen and oxygen atoms in total. The van der Waals surface area contributed by atoms with Crippen LogP contribution in [0.4, 0.5) is 5.69 Å². The number of methoxy groups -OCH3 is 2. The molecule has 1 N–H and O–H groups in total. The minimum Gasteiger partial charge on any atom is -0.493 e. The van der Waals surface area contributed by atoms with Gasteiger partial charge >= 0.3 is 0 Å². The summed E-state index contributed by atoms with van der Waals surface area (Å²) in [5.41, 5.74) is 1.03. The summed E-state index contributed by atoms with van der Waals surface area (Å²) >= 11 is 3.43. The average molecular weight is 585 g/mol. The molecule has 0 fully saturated rings. The molecular formula is C25H34BrN3O6S. The Morgan fingerprint density at radius 3 is 2.28 bits per heavy atom. The standard InChI is InChI=1S/C25H34BrN3O6S/c1-7-17(2)27-25(31)18(3)28(15-19-9-8-10-20(26)13-19)24(30)16-29(36(6,32)33)21-11-12-22(34-4)23(14-21)35-5/h8-14,17-18H,7,15-16H2,1-6H3,(H,27,31)/t17-,18-/m1/s1. The first-order valence-corrected chi connectivity index (χ1v) is 14.1. The van der Waals surface area contributed by atoms with E-state index in [1.807, 2.05) is 38.1 Å². The molecule has 0 saturated heterocycles. The van der Waals surface area contributed by atoms with Crippen molar-refractivity contribution in [1.82, 2.24) is 10.2 Å². The van der Waals surface area contributed by atoms with E-state index < -0.39 is 28.5 Å². The maximum absolute atomic E-state index is 13.6. The van der Waals surface area contributed by atoms with E-state index >= 15 is 0 Å². The number of rotatable bonds is 12. The van der Waals surface area contributed by atoms with Crippen LogP contribution >= 0.6 is 15.9 Å². The second-order valence-electron chi connectivity index (χ2n) is 8.45. The van der Waals surface area contributed by atoms with E-state index in [9.17, 15) is 18.0 Å². The summed E-state index contributed by atoms with van der Waals surface area (Å²) in [4.78, 5) is 27.9. The van der Waals surface area contributed by atoms with Crippen LogP contribution in [-0.4, -0.2) is 64.2 Å². The lowest BCUT2D eigenvalue weighted by Crippen LogP contribution is -2.52. The predicted octanol–water partition coefficient (Wildman–Crippen LogP) is 3.56. The number of hydrogen-bond donors (Lipinski definition) is 1. The maximum Gasteiger partial charge on any atom is 0.244 e. The van der Waals surface area contributed by atoms with Crippen molar-refractivity contribution in [3.05, 3.63) is 52.5 Å². The van der Waals surface area contributed by atoms with Crippen LogP contribution in [0.1, 0.15) is 32.8 Å². The van der Waals surface area contributed by atoms with Crippen molar-refractivity contribution in [2.45, 2.75) is 45.8 Å². The van der Waals surface area contributed by atoms with Gasteiger partial charge in [-0.15, -0.1) is 0 Å². The van der Waals surface area contributed by atoms with Crippen molar-refractivity contribution in [2.75, 3.05) is 31.3 Å². The highest BCUT2D eigenvalue weighted by Gasteiger charge is 2.30. The average Bonchev–Trinajstić information content (AvgIpc) is 2.83. The van der Waals surface area contributed by atoms with Crippen molar-refractivity contribution in [2.24, 2.45) is 0 Å². The van der Waals surface area contributed by atoms with Gasteiger partial charge in [0.1, 0.15) is 12.6 Å². The third kappa shape index (κ3) is 7.86. The summed E-state index contributed by atoms with van der Waals surface area (Å²) in [6.45, 7) is 5.09. The van der Waals surface area contributed by atoms with E-state index in [4.69, 9.17) is 9.47 Å². The molecule has 0 unspecified atom stereocenters. The molecule has 0 aromatic heterocycles. The van der Waals surface area contributed by atoms with Gasteiger partial charge in [-0.1, -0.05) is 35.0 Å². The van der Waals surface area contributed by atoms with Crippen molar-refractivity contribution in [1.29, 1.82) is 0 Å². The Morgan fingerprint density at radius 1 is 1.06 bits per heavy atom. The summed E-state index contributed by atoms with van der Waals surface area (Å²) in [5, 5.41) is 2.90. The fourth-order valence-electron chi connectivity index (χ4n) is 3.47. The molecule has 0 saturated carbocycles. The van der Waals surface area contributed by atoms with Gasteiger partial charge in [-0.25, -0.2) is 8.42 Å². The molecule has 2 amide bonds. The Bertz CT molecular complexity index is 1170. The van der Waals surface area contributed by atoms with E-state index in [-0.39, 0.29) is 24.2 Å². The van der Waals surface area contributed by atoms with E-state index in [0.29, 0.717) is 11.5 Å². The number of hydrogen-bond acceptors (Lipinski definition) is 6. The molecule has 11 heteroatoms. The first-order chi connectivity index (χ1) is 16.9. The molecule has 2 aromatic carbocycles. The van der Waals surface area contributed by atoms with Gasteiger partial charge in [0.05, 0.1) is 26.2 Å². The first kappa shape index (κ1) is 29.4. The molecule has 0 aliphatic heterocycles. The lowest BCUT2D eigenvalue weighted by Gasteiger charge is -2.32. The maximum atomic E-state index is 13.6. The van der Waals surface area contributed by atoms with Gasteiger partial charge in [-0.3, -0.25) is 13.9 Å². The Kier molecular flexibility index (Phi) is 10.6. The summed E-state index contributed by atoms with van der Waals surface area (Å²) in [6, 6.07) is 11.1. The highest BCUT2D eigenvalue weighted by molar-refractivity contribution is 9.10. The van der Waals surface area contributed by atoms with Crippen molar-refractivity contribution >= 4 is 43.5 Å². The van der Waals surface area contributed by atoms with Crippen LogP contribution in [0.3, 0.4) is 0 Å². The number of amides is 2. The van der Waals surface area contributed by atoms with E-state index in [1.54, 1.807) is 13.0 Å². The van der Waals surface area contributed by atoms with Crippen LogP contribution in [0, 0.1) is 0 Å². The smallest absolute Gasteiger partial charge is 0.244 e. The van der Waals surface area contributed by atoms with Crippen LogP contribution in [0.5, 0.6) is 11.5 Å². The van der Waals surface area contributed by atoms with Gasteiger partial charge in [0.25, 0.3) is 0 Å². The molecule has 0 radical (unpaired) electrons. The summed E-state index contributed by atoms with van der Waals surface area (Å²) in [5.74, 6) is -0.0947. The fourth-order valence-corrected chi connectivity index (χ4v) is 4.76. The molecule has 0 heterocycles. The largest absolute Gasteiger partial charge is 0.493 e. The van der Waals surface area contributed by atoms with Gasteiger partial charge in [0.2, 0.25) is 21.8 Å². The number of halogens is 1. The molecule has 198 valence electrons. The second-order valence-corrected chi connectivity index (χ2v) is 11.3. The molecule has 0 bridgehead atoms. The van der Waals surface area contributed by atoms with Crippen molar-refractivity contribution in [3.63, 3.8) is 0 Å². The monoisotopic (exact) mass is 583 g/mol. The van der Waals surface area contributed by atoms with Gasteiger partial charge in [-0.05, 0) is 50.1 Å². The molecular weight excluding hydrogens is 550 g/mol. The zero-order chi connectivity index (χ0) is 27.0. The highest BCUT2D eigenvalue weighted by Crippen LogP contribution is 2.32. The molecule has 0 spiro atoms. The van der Waals surface area contributed by atoms with E-state index in [0.717, 1.165) is 27.0 Å². The third-order valence-corrected chi connectivity index (χ3v) is 7.38. The number of nitrogens with zero attached hydrogens (tertiary/aromatic N) is 2. The van der Waals surface area contributed by atoms with Gasteiger partial charge in [-0.2, -0.15) is 0 Å². The number of sulfonamides is 1. The summed E-state index contributed by atoms with van der Waals surface area (Å²) in [7, 11) is -0.946. The van der Waals surface area contributed by atoms with Crippen LogP contribution < -0.4 is 19.1 Å².